The molecule has 0 aromatic heterocycles. The van der Waals surface area contributed by atoms with Gasteiger partial charge in [-0.25, -0.2) is 14.4 Å². The minimum absolute atomic E-state index is 0.0194. The first-order valence-corrected chi connectivity index (χ1v) is 16.3. The number of nitrogens with zero attached hydrogens (tertiary/aromatic N) is 3. The van der Waals surface area contributed by atoms with Crippen molar-refractivity contribution in [3.05, 3.63) is 0 Å². The topological polar surface area (TPSA) is 194 Å². The molecular formula is C34H60N6O7. The van der Waals surface area contributed by atoms with Crippen LogP contribution in [0.2, 0.25) is 0 Å². The van der Waals surface area contributed by atoms with Gasteiger partial charge in [-0.1, -0.05) is 41.5 Å². The summed E-state index contributed by atoms with van der Waals surface area (Å²) in [5, 5.41) is 34.6. The van der Waals surface area contributed by atoms with Gasteiger partial charge in [-0.2, -0.15) is 10.5 Å². The molecule has 0 saturated carbocycles. The minimum atomic E-state index is -1.07. The third-order valence-corrected chi connectivity index (χ3v) is 7.06. The molecule has 0 bridgehead atoms. The van der Waals surface area contributed by atoms with Gasteiger partial charge in [0, 0.05) is 24.9 Å². The van der Waals surface area contributed by atoms with Crippen molar-refractivity contribution in [2.45, 2.75) is 132 Å². The Morgan fingerprint density at radius 2 is 1.06 bits per heavy atom. The van der Waals surface area contributed by atoms with Crippen molar-refractivity contribution in [3.63, 3.8) is 0 Å². The molecule has 2 heterocycles. The van der Waals surface area contributed by atoms with Gasteiger partial charge in [-0.15, -0.1) is 0 Å². The van der Waals surface area contributed by atoms with Gasteiger partial charge in [0.25, 0.3) is 0 Å². The third-order valence-electron chi connectivity index (χ3n) is 7.06. The minimum Gasteiger partial charge on any atom is -0.480 e. The number of likely N-dealkylation sites (tertiary alicyclic amines) is 1. The van der Waals surface area contributed by atoms with Crippen LogP contribution in [0.1, 0.15) is 109 Å². The molecule has 2 fully saturated rings. The van der Waals surface area contributed by atoms with Crippen LogP contribution in [0, 0.1) is 45.3 Å². The molecule has 2 aliphatic rings. The maximum atomic E-state index is 12.8. The van der Waals surface area contributed by atoms with E-state index in [1.807, 2.05) is 20.8 Å². The zero-order valence-corrected chi connectivity index (χ0v) is 30.7. The molecule has 13 heteroatoms. The number of hydrogen-bond acceptors (Lipinski definition) is 9. The molecule has 0 aromatic carbocycles. The summed E-state index contributed by atoms with van der Waals surface area (Å²) in [5.41, 5.74) is -2.24. The molecule has 4 N–H and O–H groups in total. The van der Waals surface area contributed by atoms with Crippen molar-refractivity contribution in [2.75, 3.05) is 26.2 Å². The van der Waals surface area contributed by atoms with Crippen molar-refractivity contribution < 1.29 is 33.8 Å². The van der Waals surface area contributed by atoms with Crippen molar-refractivity contribution >= 4 is 24.1 Å². The Morgan fingerprint density at radius 3 is 1.36 bits per heavy atom. The quantitative estimate of drug-likeness (QED) is 0.310. The van der Waals surface area contributed by atoms with E-state index < -0.39 is 52.3 Å². The number of hydrogen-bond donors (Lipinski definition) is 4. The van der Waals surface area contributed by atoms with Crippen LogP contribution in [0.25, 0.3) is 0 Å². The summed E-state index contributed by atoms with van der Waals surface area (Å²) in [6.07, 6.45) is 2.15. The number of aliphatic carboxylic acids is 1. The van der Waals surface area contributed by atoms with Crippen LogP contribution in [0.4, 0.5) is 9.59 Å². The molecule has 2 rings (SSSR count). The Balaban J connectivity index is 0.000000758. The van der Waals surface area contributed by atoms with Crippen LogP contribution in [-0.2, 0) is 19.1 Å². The van der Waals surface area contributed by atoms with Gasteiger partial charge in [0.05, 0.1) is 12.1 Å². The summed E-state index contributed by atoms with van der Waals surface area (Å²) < 4.78 is 10.3. The average molecular weight is 665 g/mol. The molecule has 47 heavy (non-hydrogen) atoms. The van der Waals surface area contributed by atoms with Gasteiger partial charge in [0.15, 0.2) is 0 Å². The SMILES string of the molecule is CC(C)(C)OC(=O)N[C@@H](C(=O)N1CCC(C#N)CC1)C(C)(C)C.CC(C)(C)OC(=O)N[C@@H](C(=O)O)C(C)(C)C.N#CC1CCNCC1. The van der Waals surface area contributed by atoms with E-state index >= 15 is 0 Å². The number of rotatable bonds is 4. The lowest BCUT2D eigenvalue weighted by molar-refractivity contribution is -0.142. The Kier molecular flexibility index (Phi) is 17.3. The van der Waals surface area contributed by atoms with Gasteiger partial charge in [0.1, 0.15) is 23.3 Å². The second-order valence-electron chi connectivity index (χ2n) is 16.1. The zero-order valence-electron chi connectivity index (χ0n) is 30.7. The standard InChI is InChI=1S/C17H29N3O3.C11H21NO4.C6H10N2/c1-16(2,3)13(19-15(22)23-17(4,5)6)14(21)20-9-7-12(11-18)8-10-20;1-10(2,3)7(8(13)14)12-9(15)16-11(4,5)6;7-5-6-1-3-8-4-2-6/h12-13H,7-10H2,1-6H3,(H,19,22);7H,1-6H3,(H,12,15)(H,13,14);6,8H,1-4H2/t13-;7-;/m00./s1. The van der Waals surface area contributed by atoms with Crippen molar-refractivity contribution in [3.8, 4) is 12.1 Å². The Morgan fingerprint density at radius 1 is 0.702 bits per heavy atom. The Hall–Kier alpha value is -3.58. The summed E-state index contributed by atoms with van der Waals surface area (Å²) in [6.45, 7) is 24.6. The summed E-state index contributed by atoms with van der Waals surface area (Å²) in [7, 11) is 0. The third kappa shape index (κ3) is 19.0. The van der Waals surface area contributed by atoms with Crippen LogP contribution >= 0.6 is 0 Å². The van der Waals surface area contributed by atoms with Crippen LogP contribution < -0.4 is 16.0 Å². The number of carboxylic acids is 1. The Bertz CT molecular complexity index is 1100. The van der Waals surface area contributed by atoms with Crippen molar-refractivity contribution in [1.29, 1.82) is 10.5 Å². The molecule has 2 aliphatic heterocycles. The van der Waals surface area contributed by atoms with E-state index in [1.54, 1.807) is 67.2 Å². The first kappa shape index (κ1) is 43.4. The maximum absolute atomic E-state index is 12.8. The summed E-state index contributed by atoms with van der Waals surface area (Å²) in [5.74, 6) is -0.833. The molecule has 0 aromatic rings. The number of amides is 3. The number of carboxylic acid groups (broad SMARTS) is 1. The molecule has 0 aliphatic carbocycles. The fourth-order valence-corrected chi connectivity index (χ4v) is 4.51. The number of nitrogens with one attached hydrogen (secondary N) is 3. The molecule has 3 amide bonds. The van der Waals surface area contributed by atoms with Crippen molar-refractivity contribution in [2.24, 2.45) is 22.7 Å². The fraction of sp³-hybridized carbons (Fsp3) is 0.824. The number of carbonyl (C=O) groups excluding carboxylic acids is 3. The molecule has 2 saturated heterocycles. The number of ether oxygens (including phenoxy) is 2. The maximum Gasteiger partial charge on any atom is 0.408 e. The second kappa shape index (κ2) is 18.7. The van der Waals surface area contributed by atoms with E-state index in [4.69, 9.17) is 25.1 Å². The average Bonchev–Trinajstić information content (AvgIpc) is 2.92. The Labute approximate surface area is 282 Å². The van der Waals surface area contributed by atoms with Crippen LogP contribution in [0.3, 0.4) is 0 Å². The number of nitriles is 2. The zero-order chi connectivity index (χ0) is 36.8. The van der Waals surface area contributed by atoms with Gasteiger partial charge < -0.3 is 35.4 Å². The molecule has 2 atom stereocenters. The van der Waals surface area contributed by atoms with Gasteiger partial charge in [0.2, 0.25) is 5.91 Å². The van der Waals surface area contributed by atoms with Crippen LogP contribution in [0.5, 0.6) is 0 Å². The summed E-state index contributed by atoms with van der Waals surface area (Å²) in [6, 6.07) is 2.89. The van der Waals surface area contributed by atoms with Crippen molar-refractivity contribution in [1.82, 2.24) is 20.9 Å². The smallest absolute Gasteiger partial charge is 0.408 e. The first-order valence-electron chi connectivity index (χ1n) is 16.3. The first-order chi connectivity index (χ1) is 21.3. The lowest BCUT2D eigenvalue weighted by Crippen LogP contribution is -2.56. The van der Waals surface area contributed by atoms with E-state index in [2.05, 4.69) is 28.1 Å². The molecule has 0 unspecified atom stereocenters. The highest BCUT2D eigenvalue weighted by molar-refractivity contribution is 5.86. The fourth-order valence-electron chi connectivity index (χ4n) is 4.51. The monoisotopic (exact) mass is 664 g/mol. The van der Waals surface area contributed by atoms with Gasteiger partial charge in [-0.05, 0) is 91.1 Å². The van der Waals surface area contributed by atoms with Crippen LogP contribution in [0.15, 0.2) is 0 Å². The molecule has 268 valence electrons. The van der Waals surface area contributed by atoms with Gasteiger partial charge >= 0.3 is 18.2 Å². The summed E-state index contributed by atoms with van der Waals surface area (Å²) in [4.78, 5) is 49.0. The molecule has 0 spiro atoms. The van der Waals surface area contributed by atoms with Gasteiger partial charge in [-0.3, -0.25) is 4.79 Å². The number of piperidine rings is 2. The largest absolute Gasteiger partial charge is 0.480 e. The molecule has 13 nitrogen and oxygen atoms in total. The predicted octanol–water partition coefficient (Wildman–Crippen LogP) is 5.21. The lowest BCUT2D eigenvalue weighted by atomic mass is 9.85. The highest BCUT2D eigenvalue weighted by Crippen LogP contribution is 2.25. The van der Waals surface area contributed by atoms with E-state index in [0.29, 0.717) is 31.8 Å². The van der Waals surface area contributed by atoms with E-state index in [9.17, 15) is 19.2 Å². The highest BCUT2D eigenvalue weighted by Gasteiger charge is 2.38. The normalized spacial score (nSPS) is 17.4. The van der Waals surface area contributed by atoms with Crippen LogP contribution in [-0.4, -0.2) is 83.5 Å². The molecular weight excluding hydrogens is 604 g/mol. The van der Waals surface area contributed by atoms with E-state index in [1.165, 1.54) is 0 Å². The second-order valence-corrected chi connectivity index (χ2v) is 16.1. The van der Waals surface area contributed by atoms with E-state index in [-0.39, 0.29) is 11.8 Å². The highest BCUT2D eigenvalue weighted by atomic mass is 16.6. The summed E-state index contributed by atoms with van der Waals surface area (Å²) >= 11 is 0. The van der Waals surface area contributed by atoms with E-state index in [0.717, 1.165) is 25.9 Å². The predicted molar refractivity (Wildman–Crippen MR) is 179 cm³/mol. The number of carbonyl (C=O) groups is 4. The number of alkyl carbamates (subject to hydrolysis) is 2. The molecule has 0 radical (unpaired) electrons. The lowest BCUT2D eigenvalue weighted by Gasteiger charge is -2.37.